The maximum Gasteiger partial charge on any atom is 0.258 e. The lowest BCUT2D eigenvalue weighted by atomic mass is 10.2. The van der Waals surface area contributed by atoms with Gasteiger partial charge in [0.2, 0.25) is 10.0 Å². The van der Waals surface area contributed by atoms with Gasteiger partial charge in [0.25, 0.3) is 5.91 Å². The highest BCUT2D eigenvalue weighted by Crippen LogP contribution is 2.32. The Labute approximate surface area is 191 Å². The van der Waals surface area contributed by atoms with Gasteiger partial charge in [0.05, 0.1) is 23.7 Å². The second-order valence-electron chi connectivity index (χ2n) is 7.87. The molecule has 1 aromatic heterocycles. The molecular formula is C22H25N5O5S. The highest BCUT2D eigenvalue weighted by molar-refractivity contribution is 7.89. The first-order valence-electron chi connectivity index (χ1n) is 10.6. The minimum Gasteiger partial charge on any atom is -0.494 e. The molecular weight excluding hydrogens is 446 g/mol. The van der Waals surface area contributed by atoms with Crippen LogP contribution in [-0.4, -0.2) is 51.8 Å². The lowest BCUT2D eigenvalue weighted by Crippen LogP contribution is -2.39. The van der Waals surface area contributed by atoms with Crippen molar-refractivity contribution in [2.24, 2.45) is 5.92 Å². The average Bonchev–Trinajstić information content (AvgIpc) is 3.49. The molecule has 174 valence electrons. The van der Waals surface area contributed by atoms with Crippen molar-refractivity contribution in [2.45, 2.75) is 30.7 Å². The van der Waals surface area contributed by atoms with Crippen LogP contribution >= 0.6 is 0 Å². The number of hydrogen-bond donors (Lipinski definition) is 2. The molecule has 33 heavy (non-hydrogen) atoms. The summed E-state index contributed by atoms with van der Waals surface area (Å²) >= 11 is 0. The molecule has 1 fully saturated rings. The normalized spacial score (nSPS) is 13.8. The van der Waals surface area contributed by atoms with Gasteiger partial charge in [0.1, 0.15) is 18.4 Å². The van der Waals surface area contributed by atoms with Gasteiger partial charge in [-0.1, -0.05) is 25.0 Å². The number of carbonyl (C=O) groups excluding carboxylic acids is 1. The molecule has 2 aromatic carbocycles. The molecule has 4 rings (SSSR count). The maximum atomic E-state index is 13.3. The van der Waals surface area contributed by atoms with Crippen molar-refractivity contribution in [3.8, 4) is 11.4 Å². The molecule has 3 aromatic rings. The molecule has 0 saturated heterocycles. The zero-order valence-corrected chi connectivity index (χ0v) is 18.7. The van der Waals surface area contributed by atoms with Crippen LogP contribution in [0.3, 0.4) is 0 Å². The Kier molecular flexibility index (Phi) is 7.02. The van der Waals surface area contributed by atoms with Crippen LogP contribution in [-0.2, 0) is 21.4 Å². The fourth-order valence-corrected chi connectivity index (χ4v) is 4.71. The third-order valence-electron chi connectivity index (χ3n) is 5.38. The van der Waals surface area contributed by atoms with Crippen LogP contribution in [0.2, 0.25) is 0 Å². The summed E-state index contributed by atoms with van der Waals surface area (Å²) in [6.07, 6.45) is 6.47. The number of rotatable bonds is 11. The summed E-state index contributed by atoms with van der Waals surface area (Å²) in [7, 11) is -4.02. The summed E-state index contributed by atoms with van der Waals surface area (Å²) in [5, 5.41) is 13.0. The monoisotopic (exact) mass is 471 g/mol. The first-order valence-corrected chi connectivity index (χ1v) is 12.0. The van der Waals surface area contributed by atoms with E-state index in [2.05, 4.69) is 10.1 Å². The number of hydroxylamine groups is 1. The van der Waals surface area contributed by atoms with Crippen LogP contribution in [0, 0.1) is 5.92 Å². The molecule has 1 aliphatic carbocycles. The molecule has 0 spiro atoms. The Hall–Kier alpha value is -3.28. The van der Waals surface area contributed by atoms with E-state index in [-0.39, 0.29) is 11.4 Å². The summed E-state index contributed by atoms with van der Waals surface area (Å²) in [6, 6.07) is 13.2. The van der Waals surface area contributed by atoms with Crippen LogP contribution in [0.4, 0.5) is 0 Å². The standard InChI is InChI=1S/C22H25N5O5S/c28-22(25-29)14-26(13-18-3-5-19(6-4-18)27-16-23-15-24-27)33(30,31)21-9-7-20(8-10-21)32-12-11-17-1-2-17/h3-10,15-17,29H,1-2,11-14H2,(H,25,28). The molecule has 11 heteroatoms. The molecule has 0 aliphatic heterocycles. The van der Waals surface area contributed by atoms with Gasteiger partial charge in [-0.15, -0.1) is 0 Å². The quantitative estimate of drug-likeness (QED) is 0.324. The minimum absolute atomic E-state index is 0.0296. The molecule has 0 radical (unpaired) electrons. The Morgan fingerprint density at radius 2 is 1.88 bits per heavy atom. The smallest absolute Gasteiger partial charge is 0.258 e. The fraction of sp³-hybridized carbons (Fsp3) is 0.318. The zero-order valence-electron chi connectivity index (χ0n) is 17.9. The number of ether oxygens (including phenoxy) is 1. The SMILES string of the molecule is O=C(CN(Cc1ccc(-n2cncn2)cc1)S(=O)(=O)c1ccc(OCCC2CC2)cc1)NO. The number of nitrogens with zero attached hydrogens (tertiary/aromatic N) is 4. The summed E-state index contributed by atoms with van der Waals surface area (Å²) in [5.74, 6) is 0.511. The minimum atomic E-state index is -4.02. The molecule has 0 bridgehead atoms. The zero-order chi connectivity index (χ0) is 23.3. The van der Waals surface area contributed by atoms with E-state index in [4.69, 9.17) is 9.94 Å². The lowest BCUT2D eigenvalue weighted by Gasteiger charge is -2.21. The predicted octanol–water partition coefficient (Wildman–Crippen LogP) is 2.14. The second kappa shape index (κ2) is 10.1. The number of carbonyl (C=O) groups is 1. The van der Waals surface area contributed by atoms with Gasteiger partial charge >= 0.3 is 0 Å². The van der Waals surface area contributed by atoms with Gasteiger partial charge < -0.3 is 4.74 Å². The number of benzene rings is 2. The molecule has 1 amide bonds. The molecule has 0 atom stereocenters. The molecule has 1 heterocycles. The average molecular weight is 472 g/mol. The summed E-state index contributed by atoms with van der Waals surface area (Å²) in [6.45, 7) is 0.000476. The molecule has 1 aliphatic rings. The third-order valence-corrected chi connectivity index (χ3v) is 7.18. The van der Waals surface area contributed by atoms with Crippen molar-refractivity contribution in [1.29, 1.82) is 0 Å². The Morgan fingerprint density at radius 3 is 2.48 bits per heavy atom. The number of hydrogen-bond acceptors (Lipinski definition) is 7. The topological polar surface area (TPSA) is 127 Å². The van der Waals surface area contributed by atoms with Crippen LogP contribution in [0.25, 0.3) is 5.69 Å². The van der Waals surface area contributed by atoms with Crippen molar-refractivity contribution in [1.82, 2.24) is 24.5 Å². The molecule has 2 N–H and O–H groups in total. The Bertz CT molecular complexity index is 1160. The summed E-state index contributed by atoms with van der Waals surface area (Å²) in [5.41, 5.74) is 2.92. The Balaban J connectivity index is 1.49. The molecule has 0 unspecified atom stereocenters. The van der Waals surface area contributed by atoms with E-state index in [1.165, 1.54) is 36.8 Å². The van der Waals surface area contributed by atoms with Gasteiger partial charge in [-0.3, -0.25) is 10.0 Å². The van der Waals surface area contributed by atoms with E-state index >= 15 is 0 Å². The molecule has 10 nitrogen and oxygen atoms in total. The second-order valence-corrected chi connectivity index (χ2v) is 9.80. The van der Waals surface area contributed by atoms with Gasteiger partial charge in [0, 0.05) is 6.54 Å². The first kappa shape index (κ1) is 22.9. The van der Waals surface area contributed by atoms with Gasteiger partial charge in [-0.2, -0.15) is 9.40 Å². The van der Waals surface area contributed by atoms with E-state index in [9.17, 15) is 13.2 Å². The number of amides is 1. The van der Waals surface area contributed by atoms with E-state index in [0.29, 0.717) is 17.9 Å². The molecule has 1 saturated carbocycles. The van der Waals surface area contributed by atoms with Crippen molar-refractivity contribution in [3.05, 3.63) is 66.7 Å². The summed E-state index contributed by atoms with van der Waals surface area (Å²) < 4.78 is 34.8. The van der Waals surface area contributed by atoms with E-state index < -0.39 is 22.5 Å². The van der Waals surface area contributed by atoms with Crippen molar-refractivity contribution < 1.29 is 23.2 Å². The highest BCUT2D eigenvalue weighted by atomic mass is 32.2. The first-order chi connectivity index (χ1) is 16.0. The predicted molar refractivity (Wildman–Crippen MR) is 118 cm³/mol. The van der Waals surface area contributed by atoms with Crippen molar-refractivity contribution >= 4 is 15.9 Å². The van der Waals surface area contributed by atoms with Gasteiger partial charge in [-0.25, -0.2) is 23.6 Å². The van der Waals surface area contributed by atoms with Crippen molar-refractivity contribution in [2.75, 3.05) is 13.2 Å². The summed E-state index contributed by atoms with van der Waals surface area (Å²) in [4.78, 5) is 15.8. The van der Waals surface area contributed by atoms with E-state index in [1.54, 1.807) is 47.4 Å². The van der Waals surface area contributed by atoms with E-state index in [1.807, 2.05) is 0 Å². The van der Waals surface area contributed by atoms with E-state index in [0.717, 1.165) is 22.3 Å². The number of nitrogens with one attached hydrogen (secondary N) is 1. The van der Waals surface area contributed by atoms with Gasteiger partial charge in [0.15, 0.2) is 0 Å². The third kappa shape index (κ3) is 5.95. The fourth-order valence-electron chi connectivity index (χ4n) is 3.33. The maximum absolute atomic E-state index is 13.3. The van der Waals surface area contributed by atoms with Crippen LogP contribution in [0.5, 0.6) is 5.75 Å². The Morgan fingerprint density at radius 1 is 1.15 bits per heavy atom. The highest BCUT2D eigenvalue weighted by Gasteiger charge is 2.27. The lowest BCUT2D eigenvalue weighted by molar-refractivity contribution is -0.129. The van der Waals surface area contributed by atoms with Crippen molar-refractivity contribution in [3.63, 3.8) is 0 Å². The number of sulfonamides is 1. The van der Waals surface area contributed by atoms with Crippen LogP contribution in [0.15, 0.2) is 66.1 Å². The van der Waals surface area contributed by atoms with Crippen LogP contribution < -0.4 is 10.2 Å². The van der Waals surface area contributed by atoms with Crippen LogP contribution in [0.1, 0.15) is 24.8 Å². The number of aromatic nitrogens is 3. The largest absolute Gasteiger partial charge is 0.494 e. The van der Waals surface area contributed by atoms with Gasteiger partial charge in [-0.05, 0) is 54.3 Å².